The van der Waals surface area contributed by atoms with Crippen molar-refractivity contribution in [1.82, 2.24) is 0 Å². The number of ether oxygens (including phenoxy) is 1. The third-order valence-corrected chi connectivity index (χ3v) is 4.99. The smallest absolute Gasteiger partial charge is 0.0808 e. The lowest BCUT2D eigenvalue weighted by atomic mass is 9.78. The quantitative estimate of drug-likeness (QED) is 0.818. The van der Waals surface area contributed by atoms with E-state index in [-0.39, 0.29) is 5.60 Å². The minimum atomic E-state index is 0.0166. The van der Waals surface area contributed by atoms with E-state index in [0.29, 0.717) is 12.6 Å². The first-order valence-electron chi connectivity index (χ1n) is 7.53. The lowest BCUT2D eigenvalue weighted by Crippen LogP contribution is -2.47. The van der Waals surface area contributed by atoms with Gasteiger partial charge in [-0.2, -0.15) is 0 Å². The van der Waals surface area contributed by atoms with E-state index < -0.39 is 0 Å². The summed E-state index contributed by atoms with van der Waals surface area (Å²) in [6.07, 6.45) is 10.7. The Bertz CT molecular complexity index is 233. The van der Waals surface area contributed by atoms with Gasteiger partial charge in [-0.25, -0.2) is 0 Å². The molecule has 2 fully saturated rings. The predicted molar refractivity (Wildman–Crippen MR) is 71.9 cm³/mol. The second kappa shape index (κ2) is 5.71. The van der Waals surface area contributed by atoms with Crippen LogP contribution in [0.4, 0.5) is 0 Å². The highest BCUT2D eigenvalue weighted by Crippen LogP contribution is 2.38. The fourth-order valence-electron chi connectivity index (χ4n) is 3.44. The minimum absolute atomic E-state index is 0.0166. The van der Waals surface area contributed by atoms with E-state index in [1.165, 1.54) is 51.4 Å². The van der Waals surface area contributed by atoms with Gasteiger partial charge in [0.1, 0.15) is 0 Å². The average molecular weight is 239 g/mol. The van der Waals surface area contributed by atoms with E-state index in [1.807, 2.05) is 0 Å². The molecular formula is C15H29NO. The molecule has 2 nitrogen and oxygen atoms in total. The van der Waals surface area contributed by atoms with E-state index in [2.05, 4.69) is 13.8 Å². The molecule has 2 atom stereocenters. The fraction of sp³-hybridized carbons (Fsp3) is 1.00. The Labute approximate surface area is 106 Å². The molecule has 2 N–H and O–H groups in total. The molecule has 0 amide bonds. The normalized spacial score (nSPS) is 43.6. The molecule has 2 unspecified atom stereocenters. The van der Waals surface area contributed by atoms with Crippen LogP contribution in [0.2, 0.25) is 0 Å². The van der Waals surface area contributed by atoms with Crippen molar-refractivity contribution in [1.29, 1.82) is 0 Å². The number of hydrogen-bond acceptors (Lipinski definition) is 2. The molecule has 100 valence electrons. The van der Waals surface area contributed by atoms with Gasteiger partial charge in [0.25, 0.3) is 0 Å². The summed E-state index contributed by atoms with van der Waals surface area (Å²) in [5.74, 6) is 1.59. The van der Waals surface area contributed by atoms with Crippen LogP contribution in [-0.2, 0) is 4.74 Å². The van der Waals surface area contributed by atoms with Gasteiger partial charge in [0.15, 0.2) is 0 Å². The number of hydrogen-bond donors (Lipinski definition) is 1. The Hall–Kier alpha value is -0.0800. The first-order valence-corrected chi connectivity index (χ1v) is 7.53. The molecule has 0 aromatic carbocycles. The van der Waals surface area contributed by atoms with Gasteiger partial charge >= 0.3 is 0 Å². The molecule has 0 aromatic rings. The van der Waals surface area contributed by atoms with Gasteiger partial charge in [0.05, 0.1) is 11.7 Å². The zero-order chi connectivity index (χ0) is 12.3. The molecule has 0 bridgehead atoms. The molecule has 2 saturated carbocycles. The topological polar surface area (TPSA) is 35.2 Å². The van der Waals surface area contributed by atoms with Gasteiger partial charge in [0, 0.05) is 6.54 Å². The van der Waals surface area contributed by atoms with Crippen LogP contribution in [0.1, 0.15) is 65.2 Å². The standard InChI is InChI=1S/C15H29NO/c1-12-7-9-15(11-16,10-8-12)17-14-6-4-3-5-13(14)2/h12-14H,3-11,16H2,1-2H3. The Morgan fingerprint density at radius 3 is 2.29 bits per heavy atom. The molecular weight excluding hydrogens is 210 g/mol. The first kappa shape index (κ1) is 13.4. The average Bonchev–Trinajstić information content (AvgIpc) is 2.35. The highest BCUT2D eigenvalue weighted by Gasteiger charge is 2.37. The summed E-state index contributed by atoms with van der Waals surface area (Å²) in [5.41, 5.74) is 6.04. The van der Waals surface area contributed by atoms with Crippen molar-refractivity contribution in [2.24, 2.45) is 17.6 Å². The molecule has 2 aliphatic rings. The van der Waals surface area contributed by atoms with Crippen molar-refractivity contribution in [2.45, 2.75) is 76.9 Å². The van der Waals surface area contributed by atoms with Gasteiger partial charge in [-0.05, 0) is 50.4 Å². The summed E-state index contributed by atoms with van der Waals surface area (Å²) in [5, 5.41) is 0. The van der Waals surface area contributed by atoms with Gasteiger partial charge in [-0.1, -0.05) is 26.7 Å². The van der Waals surface area contributed by atoms with E-state index in [0.717, 1.165) is 11.8 Å². The lowest BCUT2D eigenvalue weighted by Gasteiger charge is -2.43. The van der Waals surface area contributed by atoms with Gasteiger partial charge in [-0.15, -0.1) is 0 Å². The molecule has 0 saturated heterocycles. The SMILES string of the molecule is CC1CCC(CN)(OC2CCCCC2C)CC1. The third kappa shape index (κ3) is 3.23. The van der Waals surface area contributed by atoms with E-state index in [1.54, 1.807) is 0 Å². The molecule has 17 heavy (non-hydrogen) atoms. The summed E-state index contributed by atoms with van der Waals surface area (Å²) in [6.45, 7) is 5.41. The Kier molecular flexibility index (Phi) is 4.48. The molecule has 0 radical (unpaired) electrons. The summed E-state index contributed by atoms with van der Waals surface area (Å²) < 4.78 is 6.50. The van der Waals surface area contributed by atoms with Crippen molar-refractivity contribution in [3.63, 3.8) is 0 Å². The Morgan fingerprint density at radius 2 is 1.71 bits per heavy atom. The zero-order valence-corrected chi connectivity index (χ0v) is 11.6. The summed E-state index contributed by atoms with van der Waals surface area (Å²) >= 11 is 0. The van der Waals surface area contributed by atoms with Crippen LogP contribution in [0.25, 0.3) is 0 Å². The molecule has 2 aliphatic carbocycles. The van der Waals surface area contributed by atoms with Crippen LogP contribution in [-0.4, -0.2) is 18.2 Å². The van der Waals surface area contributed by atoms with Crippen LogP contribution in [0.5, 0.6) is 0 Å². The maximum atomic E-state index is 6.50. The van der Waals surface area contributed by atoms with Gasteiger partial charge < -0.3 is 10.5 Å². The number of rotatable bonds is 3. The zero-order valence-electron chi connectivity index (χ0n) is 11.6. The lowest BCUT2D eigenvalue weighted by molar-refractivity contribution is -0.138. The van der Waals surface area contributed by atoms with Crippen LogP contribution < -0.4 is 5.73 Å². The maximum absolute atomic E-state index is 6.50. The van der Waals surface area contributed by atoms with Crippen LogP contribution in [0, 0.1) is 11.8 Å². The highest BCUT2D eigenvalue weighted by molar-refractivity contribution is 4.89. The van der Waals surface area contributed by atoms with Crippen molar-refractivity contribution in [3.05, 3.63) is 0 Å². The van der Waals surface area contributed by atoms with E-state index in [4.69, 9.17) is 10.5 Å². The van der Waals surface area contributed by atoms with Crippen molar-refractivity contribution in [2.75, 3.05) is 6.54 Å². The monoisotopic (exact) mass is 239 g/mol. The second-order valence-electron chi connectivity index (χ2n) is 6.49. The van der Waals surface area contributed by atoms with Crippen molar-refractivity contribution in [3.8, 4) is 0 Å². The Balaban J connectivity index is 1.94. The molecule has 2 rings (SSSR count). The third-order valence-electron chi connectivity index (χ3n) is 4.99. The van der Waals surface area contributed by atoms with Crippen LogP contribution >= 0.6 is 0 Å². The maximum Gasteiger partial charge on any atom is 0.0808 e. The van der Waals surface area contributed by atoms with E-state index in [9.17, 15) is 0 Å². The summed E-state index contributed by atoms with van der Waals surface area (Å²) in [7, 11) is 0. The molecule has 2 heteroatoms. The van der Waals surface area contributed by atoms with E-state index >= 15 is 0 Å². The van der Waals surface area contributed by atoms with Crippen molar-refractivity contribution < 1.29 is 4.74 Å². The molecule has 0 spiro atoms. The van der Waals surface area contributed by atoms with Crippen LogP contribution in [0.3, 0.4) is 0 Å². The second-order valence-corrected chi connectivity index (χ2v) is 6.49. The molecule has 0 aliphatic heterocycles. The molecule has 0 heterocycles. The van der Waals surface area contributed by atoms with Gasteiger partial charge in [0.2, 0.25) is 0 Å². The molecule has 0 aromatic heterocycles. The van der Waals surface area contributed by atoms with Gasteiger partial charge in [-0.3, -0.25) is 0 Å². The summed E-state index contributed by atoms with van der Waals surface area (Å²) in [4.78, 5) is 0. The first-order chi connectivity index (χ1) is 8.15. The van der Waals surface area contributed by atoms with Crippen molar-refractivity contribution >= 4 is 0 Å². The fourth-order valence-corrected chi connectivity index (χ4v) is 3.44. The number of nitrogens with two attached hydrogens (primary N) is 1. The highest BCUT2D eigenvalue weighted by atomic mass is 16.5. The predicted octanol–water partition coefficient (Wildman–Crippen LogP) is 3.49. The van der Waals surface area contributed by atoms with Crippen LogP contribution in [0.15, 0.2) is 0 Å². The largest absolute Gasteiger partial charge is 0.370 e. The summed E-state index contributed by atoms with van der Waals surface area (Å²) in [6, 6.07) is 0. The minimum Gasteiger partial charge on any atom is -0.370 e. The Morgan fingerprint density at radius 1 is 1.06 bits per heavy atom.